The van der Waals surface area contributed by atoms with E-state index < -0.39 is 24.8 Å². The molecule has 0 unspecified atom stereocenters. The molecule has 1 aromatic carbocycles. The van der Waals surface area contributed by atoms with E-state index in [2.05, 4.69) is 6.92 Å². The first kappa shape index (κ1) is 19.7. The van der Waals surface area contributed by atoms with Gasteiger partial charge in [-0.25, -0.2) is 0 Å². The van der Waals surface area contributed by atoms with E-state index in [1.807, 2.05) is 51.5 Å². The van der Waals surface area contributed by atoms with E-state index in [0.29, 0.717) is 17.7 Å². The molecule has 2 heterocycles. The molecule has 6 atom stereocenters. The minimum atomic E-state index is -0.699. The van der Waals surface area contributed by atoms with Crippen molar-refractivity contribution in [2.75, 3.05) is 34.4 Å². The molecule has 0 aromatic heterocycles. The zero-order valence-corrected chi connectivity index (χ0v) is 16.2. The minimum Gasteiger partial charge on any atom is -0.384 e. The number of hydrogen-bond acceptors (Lipinski definition) is 5. The van der Waals surface area contributed by atoms with E-state index >= 15 is 0 Å². The topological polar surface area (TPSA) is 57.2 Å². The second-order valence-electron chi connectivity index (χ2n) is 8.04. The number of aliphatic hydroxyl groups excluding tert-OH is 1. The third-order valence-electron chi connectivity index (χ3n) is 5.08. The molecule has 146 valence electrons. The van der Waals surface area contributed by atoms with E-state index in [4.69, 9.17) is 18.9 Å². The number of fused-ring (bicyclic) bond motifs is 1. The number of unbranched alkanes of at least 4 members (excludes halogenated alkanes) is 1. The quantitative estimate of drug-likeness (QED) is 0.617. The highest BCUT2D eigenvalue weighted by molar-refractivity contribution is 5.16. The summed E-state index contributed by atoms with van der Waals surface area (Å²) in [7, 11) is 6.13. The largest absolute Gasteiger partial charge is 0.384 e. The summed E-state index contributed by atoms with van der Waals surface area (Å²) in [6, 6.07) is 9.56. The summed E-state index contributed by atoms with van der Waals surface area (Å²) in [5, 5.41) is 11.1. The van der Waals surface area contributed by atoms with Crippen molar-refractivity contribution >= 4 is 0 Å². The smallest absolute Gasteiger partial charge is 0.213 e. The van der Waals surface area contributed by atoms with Crippen molar-refractivity contribution in [1.29, 1.82) is 0 Å². The van der Waals surface area contributed by atoms with Gasteiger partial charge in [-0.1, -0.05) is 43.7 Å². The van der Waals surface area contributed by atoms with Crippen LogP contribution in [0.5, 0.6) is 0 Å². The number of benzene rings is 1. The maximum absolute atomic E-state index is 11.1. The molecule has 0 spiro atoms. The lowest BCUT2D eigenvalue weighted by atomic mass is 9.94. The van der Waals surface area contributed by atoms with E-state index in [1.54, 1.807) is 0 Å². The van der Waals surface area contributed by atoms with Crippen molar-refractivity contribution in [3.05, 3.63) is 35.9 Å². The van der Waals surface area contributed by atoms with Crippen LogP contribution in [0, 0.1) is 0 Å². The van der Waals surface area contributed by atoms with E-state index in [1.165, 1.54) is 0 Å². The molecule has 6 nitrogen and oxygen atoms in total. The van der Waals surface area contributed by atoms with Crippen LogP contribution in [0.15, 0.2) is 30.3 Å². The number of aliphatic hydroxyl groups is 1. The van der Waals surface area contributed by atoms with Gasteiger partial charge in [-0.05, 0) is 6.42 Å². The molecule has 6 heteroatoms. The maximum atomic E-state index is 11.1. The molecule has 2 saturated heterocycles. The summed E-state index contributed by atoms with van der Waals surface area (Å²) in [5.74, 6) is 0. The molecule has 0 bridgehead atoms. The molecular formula is C20H32NO5+. The Labute approximate surface area is 156 Å². The van der Waals surface area contributed by atoms with Crippen LogP contribution >= 0.6 is 0 Å². The molecule has 0 radical (unpaired) electrons. The third-order valence-corrected chi connectivity index (χ3v) is 5.08. The van der Waals surface area contributed by atoms with Gasteiger partial charge in [0.2, 0.25) is 6.29 Å². The Hall–Kier alpha value is -1.02. The van der Waals surface area contributed by atoms with Crippen molar-refractivity contribution in [3.63, 3.8) is 0 Å². The number of rotatable bonds is 6. The van der Waals surface area contributed by atoms with Gasteiger partial charge >= 0.3 is 0 Å². The van der Waals surface area contributed by atoms with Crippen molar-refractivity contribution in [1.82, 2.24) is 0 Å². The van der Waals surface area contributed by atoms with Crippen LogP contribution in [-0.4, -0.2) is 74.6 Å². The Kier molecular flexibility index (Phi) is 6.33. The Bertz CT molecular complexity index is 561. The molecule has 26 heavy (non-hydrogen) atoms. The average Bonchev–Trinajstić information content (AvgIpc) is 2.61. The van der Waals surface area contributed by atoms with Crippen molar-refractivity contribution in [2.24, 2.45) is 0 Å². The molecule has 2 aliphatic heterocycles. The number of nitrogens with zero attached hydrogens (tertiary/aromatic N) is 1. The summed E-state index contributed by atoms with van der Waals surface area (Å²) in [5.41, 5.74) is 0.946. The SMILES string of the molecule is CCCCO[C@H]1O[C@H]2CO[C@H](c3ccccc3)O[C@@H]2[C@@H](O)[C@@H]1[N+](C)(C)C. The monoisotopic (exact) mass is 366 g/mol. The van der Waals surface area contributed by atoms with Gasteiger partial charge in [-0.3, -0.25) is 0 Å². The van der Waals surface area contributed by atoms with Crippen molar-refractivity contribution in [2.45, 2.75) is 56.7 Å². The van der Waals surface area contributed by atoms with Gasteiger partial charge in [0.25, 0.3) is 0 Å². The first-order valence-electron chi connectivity index (χ1n) is 9.50. The van der Waals surface area contributed by atoms with Crippen molar-refractivity contribution < 1.29 is 28.5 Å². The third kappa shape index (κ3) is 4.27. The fraction of sp³-hybridized carbons (Fsp3) is 0.700. The highest BCUT2D eigenvalue weighted by Crippen LogP contribution is 2.36. The molecule has 2 fully saturated rings. The lowest BCUT2D eigenvalue weighted by Gasteiger charge is -2.51. The summed E-state index contributed by atoms with van der Waals surface area (Å²) >= 11 is 0. The number of likely N-dealkylation sites (N-methyl/N-ethyl adjacent to an activating group) is 1. The second-order valence-corrected chi connectivity index (χ2v) is 8.04. The van der Waals surface area contributed by atoms with Crippen LogP contribution in [0.25, 0.3) is 0 Å². The van der Waals surface area contributed by atoms with Gasteiger partial charge in [0, 0.05) is 12.2 Å². The Morgan fingerprint density at radius 3 is 2.54 bits per heavy atom. The van der Waals surface area contributed by atoms with Crippen molar-refractivity contribution in [3.8, 4) is 0 Å². The minimum absolute atomic E-state index is 0.234. The van der Waals surface area contributed by atoms with Gasteiger partial charge in [0.1, 0.15) is 18.3 Å². The molecule has 0 amide bonds. The van der Waals surface area contributed by atoms with Gasteiger partial charge in [0.05, 0.1) is 27.7 Å². The number of quaternary nitrogens is 1. The maximum Gasteiger partial charge on any atom is 0.213 e. The van der Waals surface area contributed by atoms with E-state index in [9.17, 15) is 5.11 Å². The van der Waals surface area contributed by atoms with Gasteiger partial charge < -0.3 is 28.5 Å². The molecule has 1 N–H and O–H groups in total. The van der Waals surface area contributed by atoms with E-state index in [-0.39, 0.29) is 12.1 Å². The Morgan fingerprint density at radius 2 is 1.88 bits per heavy atom. The van der Waals surface area contributed by atoms with Crippen LogP contribution < -0.4 is 0 Å². The number of ether oxygens (including phenoxy) is 4. The predicted octanol–water partition coefficient (Wildman–Crippen LogP) is 2.08. The lowest BCUT2D eigenvalue weighted by molar-refractivity contribution is -0.910. The lowest BCUT2D eigenvalue weighted by Crippen LogP contribution is -2.69. The summed E-state index contributed by atoms with van der Waals surface area (Å²) < 4.78 is 24.7. The number of hydrogen-bond donors (Lipinski definition) is 1. The van der Waals surface area contributed by atoms with Gasteiger partial charge in [-0.15, -0.1) is 0 Å². The molecule has 0 aliphatic carbocycles. The van der Waals surface area contributed by atoms with Crippen LogP contribution in [-0.2, 0) is 18.9 Å². The van der Waals surface area contributed by atoms with Crippen LogP contribution in [0.3, 0.4) is 0 Å². The van der Waals surface area contributed by atoms with Crippen LogP contribution in [0.4, 0.5) is 0 Å². The average molecular weight is 366 g/mol. The Balaban J connectivity index is 1.75. The molecular weight excluding hydrogens is 334 g/mol. The molecule has 1 aromatic rings. The first-order chi connectivity index (χ1) is 12.4. The second kappa shape index (κ2) is 8.33. The Morgan fingerprint density at radius 1 is 1.15 bits per heavy atom. The predicted molar refractivity (Wildman–Crippen MR) is 97.4 cm³/mol. The standard InChI is InChI=1S/C20H32NO5/c1-5-6-12-23-20-16(21(2,3)4)17(22)18-15(25-20)13-24-19(26-18)14-10-8-7-9-11-14/h7-11,15-20,22H,5-6,12-13H2,1-4H3/q+1/t15-,16-,17-,18-,19-,20-/m0/s1. The van der Waals surface area contributed by atoms with Crippen LogP contribution in [0.1, 0.15) is 31.6 Å². The highest BCUT2D eigenvalue weighted by atomic mass is 16.7. The zero-order chi connectivity index (χ0) is 18.7. The first-order valence-corrected chi connectivity index (χ1v) is 9.50. The van der Waals surface area contributed by atoms with Gasteiger partial charge in [-0.2, -0.15) is 0 Å². The molecule has 0 saturated carbocycles. The molecule has 3 rings (SSSR count). The normalized spacial score (nSPS) is 35.1. The summed E-state index contributed by atoms with van der Waals surface area (Å²) in [4.78, 5) is 0. The van der Waals surface area contributed by atoms with E-state index in [0.717, 1.165) is 18.4 Å². The fourth-order valence-corrected chi connectivity index (χ4v) is 3.66. The zero-order valence-electron chi connectivity index (χ0n) is 16.2. The highest BCUT2D eigenvalue weighted by Gasteiger charge is 2.54. The van der Waals surface area contributed by atoms with Crippen LogP contribution in [0.2, 0.25) is 0 Å². The summed E-state index contributed by atoms with van der Waals surface area (Å²) in [6.45, 7) is 3.12. The molecule has 2 aliphatic rings. The van der Waals surface area contributed by atoms with Gasteiger partial charge in [0.15, 0.2) is 12.3 Å². The fourth-order valence-electron chi connectivity index (χ4n) is 3.66. The summed E-state index contributed by atoms with van der Waals surface area (Å²) in [6.07, 6.45) is -0.407.